The molecular formula is C16H24N3O4+. The molecule has 0 radical (unpaired) electrons. The number of amides is 1. The van der Waals surface area contributed by atoms with Gasteiger partial charge in [0.15, 0.2) is 12.3 Å². The Morgan fingerprint density at radius 3 is 2.35 bits per heavy atom. The minimum atomic E-state index is -1.04. The third-order valence-electron chi connectivity index (χ3n) is 3.09. The second kappa shape index (κ2) is 7.73. The van der Waals surface area contributed by atoms with E-state index in [1.807, 2.05) is 21.1 Å². The van der Waals surface area contributed by atoms with Crippen LogP contribution in [0.25, 0.3) is 0 Å². The Balaban J connectivity index is 2.83. The number of hydrogen-bond acceptors (Lipinski definition) is 5. The summed E-state index contributed by atoms with van der Waals surface area (Å²) in [7, 11) is 6.76. The molecule has 1 amide bonds. The number of rotatable bonds is 7. The maximum atomic E-state index is 12.3. The van der Waals surface area contributed by atoms with Crippen molar-refractivity contribution in [1.29, 1.82) is 0 Å². The van der Waals surface area contributed by atoms with Crippen LogP contribution in [0.4, 0.5) is 5.69 Å². The number of nitrogen functional groups attached to an aromatic ring is 1. The molecule has 0 saturated heterocycles. The minimum Gasteiger partial charge on any atom is -0.467 e. The maximum absolute atomic E-state index is 12.3. The number of hydrogen-bond donors (Lipinski definition) is 2. The fourth-order valence-electron chi connectivity index (χ4n) is 2.05. The first-order chi connectivity index (χ1) is 10.6. The predicted molar refractivity (Wildman–Crippen MR) is 86.6 cm³/mol. The molecule has 0 saturated carbocycles. The van der Waals surface area contributed by atoms with Crippen molar-refractivity contribution in [3.8, 4) is 0 Å². The number of nitrogens with one attached hydrogen (secondary N) is 1. The van der Waals surface area contributed by atoms with Crippen LogP contribution < -0.4 is 11.1 Å². The van der Waals surface area contributed by atoms with Crippen LogP contribution in [0, 0.1) is 0 Å². The number of methoxy groups -OCH3 is 1. The van der Waals surface area contributed by atoms with E-state index in [-0.39, 0.29) is 24.7 Å². The van der Waals surface area contributed by atoms with E-state index < -0.39 is 12.0 Å². The first-order valence-electron chi connectivity index (χ1n) is 7.19. The Labute approximate surface area is 136 Å². The summed E-state index contributed by atoms with van der Waals surface area (Å²) in [6.45, 7) is 0.176. The minimum absolute atomic E-state index is 0.176. The van der Waals surface area contributed by atoms with Gasteiger partial charge in [0.2, 0.25) is 0 Å². The van der Waals surface area contributed by atoms with Gasteiger partial charge >= 0.3 is 5.97 Å². The smallest absolute Gasteiger partial charge is 0.328 e. The number of benzene rings is 1. The Morgan fingerprint density at radius 2 is 1.83 bits per heavy atom. The summed E-state index contributed by atoms with van der Waals surface area (Å²) in [4.78, 5) is 36.2. The van der Waals surface area contributed by atoms with E-state index in [2.05, 4.69) is 10.1 Å². The molecule has 3 N–H and O–H groups in total. The molecule has 0 bridgehead atoms. The lowest BCUT2D eigenvalue weighted by atomic mass is 10.0. The average molecular weight is 322 g/mol. The molecule has 0 heterocycles. The Morgan fingerprint density at radius 1 is 1.22 bits per heavy atom. The number of carbonyl (C=O) groups is 3. The van der Waals surface area contributed by atoms with Crippen LogP contribution in [0.1, 0.15) is 16.8 Å². The molecule has 23 heavy (non-hydrogen) atoms. The fraction of sp³-hybridized carbons (Fsp3) is 0.438. The highest BCUT2D eigenvalue weighted by atomic mass is 16.5. The third kappa shape index (κ3) is 6.07. The van der Waals surface area contributed by atoms with Crippen LogP contribution in [0.5, 0.6) is 0 Å². The van der Waals surface area contributed by atoms with E-state index in [1.165, 1.54) is 7.11 Å². The van der Waals surface area contributed by atoms with Gasteiger partial charge in [-0.2, -0.15) is 0 Å². The molecule has 1 unspecified atom stereocenters. The average Bonchev–Trinajstić information content (AvgIpc) is 2.44. The van der Waals surface area contributed by atoms with E-state index in [9.17, 15) is 14.4 Å². The van der Waals surface area contributed by atoms with E-state index in [0.29, 0.717) is 15.7 Å². The predicted octanol–water partition coefficient (Wildman–Crippen LogP) is 0.206. The van der Waals surface area contributed by atoms with Gasteiger partial charge in [0.05, 0.1) is 28.3 Å². The van der Waals surface area contributed by atoms with Gasteiger partial charge in [-0.25, -0.2) is 4.79 Å². The molecule has 0 aliphatic carbocycles. The van der Waals surface area contributed by atoms with Crippen LogP contribution in [-0.4, -0.2) is 63.0 Å². The molecule has 1 aromatic rings. The quantitative estimate of drug-likeness (QED) is 0.323. The second-order valence-corrected chi connectivity index (χ2v) is 6.31. The SMILES string of the molecule is COC(=O)C(CC(=O)c1ccccc1N)NC(=O)C[N+](C)(C)C. The maximum Gasteiger partial charge on any atom is 0.328 e. The van der Waals surface area contributed by atoms with Gasteiger partial charge in [-0.3, -0.25) is 9.59 Å². The summed E-state index contributed by atoms with van der Waals surface area (Å²) >= 11 is 0. The molecule has 0 aliphatic rings. The molecule has 0 aliphatic heterocycles. The Hall–Kier alpha value is -2.41. The largest absolute Gasteiger partial charge is 0.467 e. The van der Waals surface area contributed by atoms with Gasteiger partial charge in [-0.15, -0.1) is 0 Å². The van der Waals surface area contributed by atoms with Crippen molar-refractivity contribution in [3.05, 3.63) is 29.8 Å². The number of likely N-dealkylation sites (N-methyl/N-ethyl adjacent to an activating group) is 1. The number of nitrogens with zero attached hydrogens (tertiary/aromatic N) is 1. The van der Waals surface area contributed by atoms with Crippen LogP contribution in [0.3, 0.4) is 0 Å². The molecule has 7 heteroatoms. The van der Waals surface area contributed by atoms with Crippen LogP contribution in [0.15, 0.2) is 24.3 Å². The number of quaternary nitrogens is 1. The lowest BCUT2D eigenvalue weighted by Gasteiger charge is -2.24. The van der Waals surface area contributed by atoms with Crippen molar-refractivity contribution in [2.45, 2.75) is 12.5 Å². The van der Waals surface area contributed by atoms with E-state index >= 15 is 0 Å². The summed E-state index contributed by atoms with van der Waals surface area (Å²) < 4.78 is 5.07. The van der Waals surface area contributed by atoms with Gasteiger partial charge < -0.3 is 20.3 Å². The molecule has 1 rings (SSSR count). The number of ketones is 1. The number of carbonyl (C=O) groups excluding carboxylic acids is 3. The number of ether oxygens (including phenoxy) is 1. The first kappa shape index (κ1) is 18.6. The summed E-state index contributed by atoms with van der Waals surface area (Å²) in [6.07, 6.45) is -0.205. The van der Waals surface area contributed by atoms with Crippen molar-refractivity contribution < 1.29 is 23.6 Å². The molecule has 1 atom stereocenters. The number of para-hydroxylation sites is 1. The van der Waals surface area contributed by atoms with Crippen molar-refractivity contribution in [1.82, 2.24) is 5.32 Å². The third-order valence-corrected chi connectivity index (χ3v) is 3.09. The van der Waals surface area contributed by atoms with Crippen LogP contribution >= 0.6 is 0 Å². The van der Waals surface area contributed by atoms with Crippen molar-refractivity contribution in [2.75, 3.05) is 40.5 Å². The molecule has 0 spiro atoms. The van der Waals surface area contributed by atoms with Gasteiger partial charge in [0.25, 0.3) is 5.91 Å². The lowest BCUT2D eigenvalue weighted by Crippen LogP contribution is -2.50. The van der Waals surface area contributed by atoms with Crippen molar-refractivity contribution in [2.24, 2.45) is 0 Å². The summed E-state index contributed by atoms with van der Waals surface area (Å²) in [5.74, 6) is -1.33. The van der Waals surface area contributed by atoms with E-state index in [0.717, 1.165) is 0 Å². The fourth-order valence-corrected chi connectivity index (χ4v) is 2.05. The first-order valence-corrected chi connectivity index (χ1v) is 7.19. The normalized spacial score (nSPS) is 12.3. The van der Waals surface area contributed by atoms with Crippen molar-refractivity contribution in [3.63, 3.8) is 0 Å². The van der Waals surface area contributed by atoms with Crippen LogP contribution in [0.2, 0.25) is 0 Å². The zero-order chi connectivity index (χ0) is 17.6. The summed E-state index contributed by atoms with van der Waals surface area (Å²) in [5, 5.41) is 2.55. The highest BCUT2D eigenvalue weighted by Crippen LogP contribution is 2.14. The number of Topliss-reactive ketones (excluding diaryl/α,β-unsaturated/α-hetero) is 1. The number of esters is 1. The van der Waals surface area contributed by atoms with E-state index in [1.54, 1.807) is 24.3 Å². The van der Waals surface area contributed by atoms with Crippen molar-refractivity contribution >= 4 is 23.3 Å². The topological polar surface area (TPSA) is 98.5 Å². The van der Waals surface area contributed by atoms with Gasteiger partial charge in [-0.1, -0.05) is 12.1 Å². The highest BCUT2D eigenvalue weighted by Gasteiger charge is 2.27. The summed E-state index contributed by atoms with van der Waals surface area (Å²) in [5.41, 5.74) is 6.42. The van der Waals surface area contributed by atoms with Crippen LogP contribution in [-0.2, 0) is 14.3 Å². The molecule has 7 nitrogen and oxygen atoms in total. The Bertz CT molecular complexity index is 593. The zero-order valence-electron chi connectivity index (χ0n) is 14.0. The number of nitrogens with two attached hydrogens (primary N) is 1. The van der Waals surface area contributed by atoms with Gasteiger partial charge in [-0.05, 0) is 12.1 Å². The molecule has 126 valence electrons. The number of anilines is 1. The van der Waals surface area contributed by atoms with Gasteiger partial charge in [0, 0.05) is 17.7 Å². The standard InChI is InChI=1S/C16H23N3O4/c1-19(2,3)10-15(21)18-13(16(22)23-4)9-14(20)11-7-5-6-8-12(11)17/h5-8,13H,9-10H2,1-4H3,(H2-,17,18,20,21)/p+1. The molecular weight excluding hydrogens is 298 g/mol. The van der Waals surface area contributed by atoms with Gasteiger partial charge in [0.1, 0.15) is 6.04 Å². The Kier molecular flexibility index (Phi) is 6.27. The monoisotopic (exact) mass is 322 g/mol. The lowest BCUT2D eigenvalue weighted by molar-refractivity contribution is -0.862. The zero-order valence-corrected chi connectivity index (χ0v) is 14.0. The van der Waals surface area contributed by atoms with E-state index in [4.69, 9.17) is 5.73 Å². The molecule has 0 fully saturated rings. The summed E-state index contributed by atoms with van der Waals surface area (Å²) in [6, 6.07) is 5.56. The molecule has 1 aromatic carbocycles. The second-order valence-electron chi connectivity index (χ2n) is 6.31. The molecule has 0 aromatic heterocycles. The highest BCUT2D eigenvalue weighted by molar-refractivity contribution is 6.03.